The van der Waals surface area contributed by atoms with Gasteiger partial charge in [0, 0.05) is 22.6 Å². The Morgan fingerprint density at radius 2 is 1.93 bits per heavy atom. The summed E-state index contributed by atoms with van der Waals surface area (Å²) in [6.45, 7) is 7.60. The molecule has 1 fully saturated rings. The molecule has 0 aromatic heterocycles. The predicted molar refractivity (Wildman–Crippen MR) is 116 cm³/mol. The second kappa shape index (κ2) is 7.44. The first-order valence-corrected chi connectivity index (χ1v) is 10.6. The number of anilines is 1. The predicted octanol–water partition coefficient (Wildman–Crippen LogP) is 6.88. The average Bonchev–Trinajstić information content (AvgIpc) is 2.65. The maximum absolute atomic E-state index is 6.62. The fraction of sp³-hybridized carbons (Fsp3) is 0.417. The van der Waals surface area contributed by atoms with Crippen LogP contribution in [0.2, 0.25) is 0 Å². The lowest BCUT2D eigenvalue weighted by atomic mass is 9.69. The summed E-state index contributed by atoms with van der Waals surface area (Å²) < 4.78 is 7.71. The van der Waals surface area contributed by atoms with Gasteiger partial charge in [-0.15, -0.1) is 0 Å². The smallest absolute Gasteiger partial charge is 0.0897 e. The van der Waals surface area contributed by atoms with E-state index in [1.165, 1.54) is 23.1 Å². The summed E-state index contributed by atoms with van der Waals surface area (Å²) in [4.78, 5) is 0. The van der Waals surface area contributed by atoms with Gasteiger partial charge in [-0.25, -0.2) is 0 Å². The summed E-state index contributed by atoms with van der Waals surface area (Å²) >= 11 is 3.52. The molecule has 1 N–H and O–H groups in total. The van der Waals surface area contributed by atoms with Crippen LogP contribution in [-0.2, 0) is 11.3 Å². The third-order valence-electron chi connectivity index (χ3n) is 6.26. The van der Waals surface area contributed by atoms with Crippen molar-refractivity contribution >= 4 is 21.6 Å². The van der Waals surface area contributed by atoms with Crippen molar-refractivity contribution in [3.63, 3.8) is 0 Å². The van der Waals surface area contributed by atoms with Crippen LogP contribution in [-0.4, -0.2) is 5.60 Å². The van der Waals surface area contributed by atoms with E-state index in [9.17, 15) is 0 Å². The van der Waals surface area contributed by atoms with Crippen LogP contribution in [0.15, 0.2) is 64.7 Å². The van der Waals surface area contributed by atoms with E-state index in [2.05, 4.69) is 84.5 Å². The third-order valence-corrected chi connectivity index (χ3v) is 6.75. The lowest BCUT2D eigenvalue weighted by Crippen LogP contribution is -2.45. The minimum Gasteiger partial charge on any atom is -0.381 e. The highest BCUT2D eigenvalue weighted by atomic mass is 79.9. The Hall–Kier alpha value is -1.58. The van der Waals surface area contributed by atoms with E-state index in [-0.39, 0.29) is 11.7 Å². The maximum Gasteiger partial charge on any atom is 0.0897 e. The van der Waals surface area contributed by atoms with Crippen LogP contribution in [0.5, 0.6) is 0 Å². The highest BCUT2D eigenvalue weighted by Crippen LogP contribution is 2.50. The Kier molecular flexibility index (Phi) is 5.17. The van der Waals surface area contributed by atoms with Gasteiger partial charge in [0.05, 0.1) is 11.7 Å². The molecule has 0 spiro atoms. The SMILES string of the molecule is CC1=CC[C@@H]2C[C@H]1[C@H](c1ccc(CNc3cccc(Br)c3)cc1)OC2(C)C. The molecule has 2 aromatic rings. The fourth-order valence-corrected chi connectivity index (χ4v) is 4.83. The van der Waals surface area contributed by atoms with Gasteiger partial charge in [0.15, 0.2) is 0 Å². The summed E-state index contributed by atoms with van der Waals surface area (Å²) in [5.41, 5.74) is 5.14. The standard InChI is InChI=1S/C24H28BrNO/c1-16-7-12-19-13-22(16)23(27-24(19,2)3)18-10-8-17(9-11-18)15-26-21-6-4-5-20(25)14-21/h4-11,14,19,22-23,26H,12-13,15H2,1-3H3/t19-,22-,23+/m1/s1. The molecular formula is C24H28BrNO. The maximum atomic E-state index is 6.62. The first-order chi connectivity index (χ1) is 12.9. The zero-order valence-corrected chi connectivity index (χ0v) is 17.9. The van der Waals surface area contributed by atoms with Gasteiger partial charge < -0.3 is 10.1 Å². The Morgan fingerprint density at radius 3 is 2.67 bits per heavy atom. The molecule has 0 radical (unpaired) electrons. The fourth-order valence-electron chi connectivity index (χ4n) is 4.43. The molecule has 2 aliphatic rings. The van der Waals surface area contributed by atoms with Gasteiger partial charge >= 0.3 is 0 Å². The Labute approximate surface area is 171 Å². The third kappa shape index (κ3) is 4.00. The molecule has 2 bridgehead atoms. The zero-order valence-electron chi connectivity index (χ0n) is 16.3. The van der Waals surface area contributed by atoms with Gasteiger partial charge in [0.1, 0.15) is 0 Å². The van der Waals surface area contributed by atoms with Crippen molar-refractivity contribution in [1.82, 2.24) is 0 Å². The van der Waals surface area contributed by atoms with E-state index in [0.29, 0.717) is 11.8 Å². The van der Waals surface area contributed by atoms with Crippen LogP contribution in [0.1, 0.15) is 50.8 Å². The molecular weight excluding hydrogens is 398 g/mol. The van der Waals surface area contributed by atoms with Crippen LogP contribution in [0.25, 0.3) is 0 Å². The van der Waals surface area contributed by atoms with Crippen molar-refractivity contribution in [3.05, 3.63) is 75.8 Å². The van der Waals surface area contributed by atoms with Crippen LogP contribution in [0, 0.1) is 11.8 Å². The van der Waals surface area contributed by atoms with Gasteiger partial charge in [-0.2, -0.15) is 0 Å². The molecule has 0 saturated carbocycles. The number of rotatable bonds is 4. The summed E-state index contributed by atoms with van der Waals surface area (Å²) in [6, 6.07) is 17.2. The number of hydrogen-bond donors (Lipinski definition) is 1. The molecule has 2 nitrogen and oxygen atoms in total. The number of ether oxygens (including phenoxy) is 1. The van der Waals surface area contributed by atoms with Crippen molar-refractivity contribution in [2.45, 2.75) is 51.9 Å². The molecule has 0 unspecified atom stereocenters. The van der Waals surface area contributed by atoms with Crippen molar-refractivity contribution in [2.75, 3.05) is 5.32 Å². The first kappa shape index (κ1) is 18.8. The number of fused-ring (bicyclic) bond motifs is 2. The van der Waals surface area contributed by atoms with Gasteiger partial charge in [0.25, 0.3) is 0 Å². The lowest BCUT2D eigenvalue weighted by molar-refractivity contribution is -0.166. The molecule has 4 rings (SSSR count). The van der Waals surface area contributed by atoms with E-state index in [4.69, 9.17) is 4.74 Å². The van der Waals surface area contributed by atoms with Crippen LogP contribution in [0.4, 0.5) is 5.69 Å². The molecule has 1 aliphatic carbocycles. The molecule has 142 valence electrons. The zero-order chi connectivity index (χ0) is 19.0. The van der Waals surface area contributed by atoms with E-state index in [0.717, 1.165) is 23.1 Å². The Balaban J connectivity index is 1.48. The largest absolute Gasteiger partial charge is 0.381 e. The van der Waals surface area contributed by atoms with Crippen LogP contribution >= 0.6 is 15.9 Å². The van der Waals surface area contributed by atoms with Crippen molar-refractivity contribution in [1.29, 1.82) is 0 Å². The number of benzene rings is 2. The second-order valence-electron chi connectivity index (χ2n) is 8.47. The topological polar surface area (TPSA) is 21.3 Å². The Morgan fingerprint density at radius 1 is 1.15 bits per heavy atom. The number of hydrogen-bond acceptors (Lipinski definition) is 2. The van der Waals surface area contributed by atoms with E-state index >= 15 is 0 Å². The molecule has 1 saturated heterocycles. The molecule has 0 amide bonds. The Bertz CT molecular complexity index is 840. The minimum absolute atomic E-state index is 0.0563. The number of nitrogens with one attached hydrogen (secondary N) is 1. The summed E-state index contributed by atoms with van der Waals surface area (Å²) in [7, 11) is 0. The van der Waals surface area contributed by atoms with Gasteiger partial charge in [-0.05, 0) is 68.9 Å². The van der Waals surface area contributed by atoms with Gasteiger partial charge in [0.2, 0.25) is 0 Å². The minimum atomic E-state index is -0.0563. The van der Waals surface area contributed by atoms with E-state index in [1.807, 2.05) is 12.1 Å². The van der Waals surface area contributed by atoms with Crippen molar-refractivity contribution in [3.8, 4) is 0 Å². The lowest BCUT2D eigenvalue weighted by Gasteiger charge is -2.49. The quantitative estimate of drug-likeness (QED) is 0.538. The van der Waals surface area contributed by atoms with Crippen LogP contribution < -0.4 is 5.32 Å². The summed E-state index contributed by atoms with van der Waals surface area (Å²) in [5.74, 6) is 1.15. The molecule has 3 heteroatoms. The van der Waals surface area contributed by atoms with Crippen LogP contribution in [0.3, 0.4) is 0 Å². The average molecular weight is 426 g/mol. The molecule has 27 heavy (non-hydrogen) atoms. The molecule has 3 atom stereocenters. The highest BCUT2D eigenvalue weighted by Gasteiger charge is 2.45. The van der Waals surface area contributed by atoms with E-state index in [1.54, 1.807) is 0 Å². The molecule has 1 aliphatic heterocycles. The normalized spacial score (nSPS) is 26.4. The molecule has 1 heterocycles. The van der Waals surface area contributed by atoms with E-state index < -0.39 is 0 Å². The van der Waals surface area contributed by atoms with Crippen molar-refractivity contribution < 1.29 is 4.74 Å². The summed E-state index contributed by atoms with van der Waals surface area (Å²) in [5, 5.41) is 3.49. The monoisotopic (exact) mass is 425 g/mol. The number of allylic oxidation sites excluding steroid dienone is 1. The summed E-state index contributed by atoms with van der Waals surface area (Å²) in [6.07, 6.45) is 5.00. The second-order valence-corrected chi connectivity index (χ2v) is 9.39. The number of halogens is 1. The van der Waals surface area contributed by atoms with Crippen molar-refractivity contribution in [2.24, 2.45) is 11.8 Å². The van der Waals surface area contributed by atoms with Gasteiger partial charge in [-0.1, -0.05) is 57.9 Å². The molecule has 2 aromatic carbocycles. The van der Waals surface area contributed by atoms with Gasteiger partial charge in [-0.3, -0.25) is 0 Å². The first-order valence-electron chi connectivity index (χ1n) is 9.85. The highest BCUT2D eigenvalue weighted by molar-refractivity contribution is 9.10.